The second kappa shape index (κ2) is 41.2. The molecule has 3 N–H and O–H groups in total. The molecule has 0 saturated heterocycles. The summed E-state index contributed by atoms with van der Waals surface area (Å²) in [4.78, 5) is 25.9. The molecule has 6 nitrogen and oxygen atoms in total. The minimum Gasteiger partial charge on any atom is -0.462 e. The number of ether oxygens (including phenoxy) is 1. The summed E-state index contributed by atoms with van der Waals surface area (Å²) in [5.74, 6) is -0.524. The lowest BCUT2D eigenvalue weighted by atomic mass is 10.0. The molecule has 0 aromatic carbocycles. The van der Waals surface area contributed by atoms with Crippen molar-refractivity contribution in [3.05, 3.63) is 36.5 Å². The molecule has 0 bridgehead atoms. The Bertz CT molecular complexity index is 884. The van der Waals surface area contributed by atoms with Crippen LogP contribution in [0.25, 0.3) is 0 Å². The minimum absolute atomic E-state index is 0.0564. The van der Waals surface area contributed by atoms with Crippen molar-refractivity contribution in [2.45, 2.75) is 244 Å². The second-order valence-electron chi connectivity index (χ2n) is 15.5. The van der Waals surface area contributed by atoms with E-state index in [0.29, 0.717) is 19.3 Å². The van der Waals surface area contributed by atoms with Crippen molar-refractivity contribution in [1.82, 2.24) is 5.32 Å². The Morgan fingerprint density at radius 2 is 1.00 bits per heavy atom. The second-order valence-corrected chi connectivity index (χ2v) is 15.5. The zero-order valence-electron chi connectivity index (χ0n) is 35.1. The topological polar surface area (TPSA) is 95.9 Å². The van der Waals surface area contributed by atoms with Gasteiger partial charge < -0.3 is 20.3 Å². The summed E-state index contributed by atoms with van der Waals surface area (Å²) in [6.45, 7) is 6.37. The first-order chi connectivity index (χ1) is 26.0. The summed E-state index contributed by atoms with van der Waals surface area (Å²) >= 11 is 0. The van der Waals surface area contributed by atoms with E-state index in [2.05, 4.69) is 62.5 Å². The molecule has 0 saturated carbocycles. The van der Waals surface area contributed by atoms with Crippen LogP contribution in [0.3, 0.4) is 0 Å². The van der Waals surface area contributed by atoms with Gasteiger partial charge in [-0.25, -0.2) is 0 Å². The smallest absolute Gasteiger partial charge is 0.306 e. The Labute approximate surface area is 328 Å². The number of rotatable bonds is 40. The minimum atomic E-state index is -0.791. The van der Waals surface area contributed by atoms with Gasteiger partial charge in [-0.3, -0.25) is 9.59 Å². The Morgan fingerprint density at radius 3 is 1.55 bits per heavy atom. The van der Waals surface area contributed by atoms with Crippen LogP contribution in [0.4, 0.5) is 0 Å². The van der Waals surface area contributed by atoms with Gasteiger partial charge in [-0.1, -0.05) is 179 Å². The molecular weight excluding hydrogens is 659 g/mol. The molecule has 1 amide bonds. The molecule has 0 aliphatic carbocycles. The molecule has 310 valence electrons. The van der Waals surface area contributed by atoms with Crippen LogP contribution in [0, 0.1) is 0 Å². The van der Waals surface area contributed by atoms with E-state index >= 15 is 0 Å². The van der Waals surface area contributed by atoms with Gasteiger partial charge in [0.15, 0.2) is 0 Å². The number of carbonyl (C=O) groups excluding carboxylic acids is 2. The number of nitrogens with one attached hydrogen (secondary N) is 1. The number of allylic oxidation sites excluding steroid dienone is 6. The van der Waals surface area contributed by atoms with Crippen molar-refractivity contribution < 1.29 is 24.5 Å². The fourth-order valence-corrected chi connectivity index (χ4v) is 6.72. The van der Waals surface area contributed by atoms with Crippen LogP contribution >= 0.6 is 0 Å². The van der Waals surface area contributed by atoms with Crippen molar-refractivity contribution in [2.75, 3.05) is 6.61 Å². The molecule has 0 heterocycles. The third-order valence-electron chi connectivity index (χ3n) is 10.2. The Balaban J connectivity index is 4.53. The zero-order chi connectivity index (χ0) is 38.9. The van der Waals surface area contributed by atoms with E-state index in [0.717, 1.165) is 89.9 Å². The third-order valence-corrected chi connectivity index (χ3v) is 10.2. The first-order valence-electron chi connectivity index (χ1n) is 22.7. The summed E-state index contributed by atoms with van der Waals surface area (Å²) in [5.41, 5.74) is 0. The number of unbranched alkanes of at least 4 members (excludes halogenated alkanes) is 23. The molecular formula is C47H87NO5. The molecule has 0 aliphatic rings. The summed E-state index contributed by atoms with van der Waals surface area (Å²) in [6.07, 6.45) is 46.4. The van der Waals surface area contributed by atoms with Crippen LogP contribution in [0.5, 0.6) is 0 Å². The van der Waals surface area contributed by atoms with Crippen molar-refractivity contribution in [3.63, 3.8) is 0 Å². The predicted octanol–water partition coefficient (Wildman–Crippen LogP) is 12.9. The predicted molar refractivity (Wildman–Crippen MR) is 227 cm³/mol. The average Bonchev–Trinajstić information content (AvgIpc) is 3.15. The monoisotopic (exact) mass is 746 g/mol. The maximum Gasteiger partial charge on any atom is 0.306 e. The number of aliphatic hydroxyl groups is 2. The molecule has 0 aromatic heterocycles. The van der Waals surface area contributed by atoms with Crippen molar-refractivity contribution in [2.24, 2.45) is 0 Å². The van der Waals surface area contributed by atoms with Gasteiger partial charge in [-0.15, -0.1) is 0 Å². The van der Waals surface area contributed by atoms with Gasteiger partial charge in [0.2, 0.25) is 5.91 Å². The van der Waals surface area contributed by atoms with Gasteiger partial charge >= 0.3 is 5.97 Å². The quantitative estimate of drug-likeness (QED) is 0.0251. The van der Waals surface area contributed by atoms with Gasteiger partial charge in [-0.2, -0.15) is 0 Å². The van der Waals surface area contributed by atoms with Gasteiger partial charge in [0, 0.05) is 6.42 Å². The van der Waals surface area contributed by atoms with Gasteiger partial charge in [0.1, 0.15) is 6.10 Å². The molecule has 3 atom stereocenters. The molecule has 0 rings (SSSR count). The fraction of sp³-hybridized carbons (Fsp3) is 0.830. The number of aliphatic hydroxyl groups excluding tert-OH is 2. The highest BCUT2D eigenvalue weighted by Gasteiger charge is 2.24. The van der Waals surface area contributed by atoms with E-state index in [1.54, 1.807) is 0 Å². The lowest BCUT2D eigenvalue weighted by molar-refractivity contribution is -0.151. The normalized spacial score (nSPS) is 13.7. The van der Waals surface area contributed by atoms with E-state index < -0.39 is 18.2 Å². The summed E-state index contributed by atoms with van der Waals surface area (Å²) in [5, 5.41) is 23.5. The number of carbonyl (C=O) groups is 2. The van der Waals surface area contributed by atoms with Crippen molar-refractivity contribution in [1.29, 1.82) is 0 Å². The number of esters is 1. The number of hydrogen-bond acceptors (Lipinski definition) is 5. The van der Waals surface area contributed by atoms with Crippen molar-refractivity contribution in [3.8, 4) is 0 Å². The van der Waals surface area contributed by atoms with Crippen molar-refractivity contribution >= 4 is 11.9 Å². The molecule has 6 heteroatoms. The molecule has 0 spiro atoms. The SMILES string of the molecule is CCC/C=C\CCCCCC(CC(=O)NC(CO)C(O)CCCCCCCCCCCC)OC(=O)CCCCC/C=C/C=C/CCCCCCCCC. The maximum atomic E-state index is 13.1. The summed E-state index contributed by atoms with van der Waals surface area (Å²) in [6, 6.07) is -0.707. The Morgan fingerprint density at radius 1 is 0.547 bits per heavy atom. The Hall–Kier alpha value is -1.92. The van der Waals surface area contributed by atoms with Crippen LogP contribution in [0.2, 0.25) is 0 Å². The van der Waals surface area contributed by atoms with E-state index in [4.69, 9.17) is 4.74 Å². The number of amides is 1. The Kier molecular flexibility index (Phi) is 39.8. The van der Waals surface area contributed by atoms with E-state index in [9.17, 15) is 19.8 Å². The molecule has 3 unspecified atom stereocenters. The van der Waals surface area contributed by atoms with E-state index in [-0.39, 0.29) is 24.9 Å². The van der Waals surface area contributed by atoms with Crippen LogP contribution in [-0.2, 0) is 14.3 Å². The molecule has 53 heavy (non-hydrogen) atoms. The maximum absolute atomic E-state index is 13.1. The zero-order valence-corrected chi connectivity index (χ0v) is 35.1. The van der Waals surface area contributed by atoms with Crippen LogP contribution in [0.15, 0.2) is 36.5 Å². The lowest BCUT2D eigenvalue weighted by Crippen LogP contribution is -2.46. The third kappa shape index (κ3) is 36.8. The van der Waals surface area contributed by atoms with Gasteiger partial charge in [-0.05, 0) is 70.6 Å². The highest BCUT2D eigenvalue weighted by atomic mass is 16.5. The summed E-state index contributed by atoms with van der Waals surface area (Å²) in [7, 11) is 0. The largest absolute Gasteiger partial charge is 0.462 e. The highest BCUT2D eigenvalue weighted by Crippen LogP contribution is 2.17. The molecule has 0 radical (unpaired) electrons. The molecule has 0 fully saturated rings. The van der Waals surface area contributed by atoms with E-state index in [1.807, 2.05) is 0 Å². The molecule has 0 aromatic rings. The number of hydrogen-bond donors (Lipinski definition) is 3. The van der Waals surface area contributed by atoms with Crippen LogP contribution < -0.4 is 5.32 Å². The lowest BCUT2D eigenvalue weighted by Gasteiger charge is -2.24. The van der Waals surface area contributed by atoms with Gasteiger partial charge in [0.05, 0.1) is 25.2 Å². The first-order valence-corrected chi connectivity index (χ1v) is 22.7. The fourth-order valence-electron chi connectivity index (χ4n) is 6.72. The standard InChI is InChI=1S/C47H87NO5/c1-4-7-10-13-16-19-21-22-23-24-25-26-28-31-34-37-40-47(52)53-43(38-35-32-29-18-15-12-9-6-3)41-46(51)48-44(42-49)45(50)39-36-33-30-27-20-17-14-11-8-5-2/h12,15,23-26,43-45,49-50H,4-11,13-14,16-22,27-42H2,1-3H3,(H,48,51)/b15-12-,24-23+,26-25+. The van der Waals surface area contributed by atoms with E-state index in [1.165, 1.54) is 89.9 Å². The van der Waals surface area contributed by atoms with Crippen LogP contribution in [-0.4, -0.2) is 46.9 Å². The first kappa shape index (κ1) is 51.1. The van der Waals surface area contributed by atoms with Crippen LogP contribution in [0.1, 0.15) is 226 Å². The van der Waals surface area contributed by atoms with Gasteiger partial charge in [0.25, 0.3) is 0 Å². The highest BCUT2D eigenvalue weighted by molar-refractivity contribution is 5.77. The summed E-state index contributed by atoms with van der Waals surface area (Å²) < 4.78 is 5.86. The average molecular weight is 746 g/mol. The molecule has 0 aliphatic heterocycles.